The van der Waals surface area contributed by atoms with Crippen molar-refractivity contribution in [3.63, 3.8) is 0 Å². The Balaban J connectivity index is -0.000000197. The molecule has 34 heavy (non-hydrogen) atoms. The highest BCUT2D eigenvalue weighted by Crippen LogP contribution is 2.19. The van der Waals surface area contributed by atoms with Crippen molar-refractivity contribution >= 4 is 11.4 Å². The van der Waals surface area contributed by atoms with Crippen LogP contribution in [0.1, 0.15) is 111 Å². The van der Waals surface area contributed by atoms with E-state index in [1.165, 1.54) is 11.1 Å². The first-order chi connectivity index (χ1) is 16.2. The van der Waals surface area contributed by atoms with Gasteiger partial charge in [-0.1, -0.05) is 84.9 Å². The molecule has 0 amide bonds. The fourth-order valence-corrected chi connectivity index (χ4v) is 2.16. The summed E-state index contributed by atoms with van der Waals surface area (Å²) in [6.45, 7) is 31.6. The topological polar surface area (TPSA) is 42.2 Å². The van der Waals surface area contributed by atoms with Gasteiger partial charge in [0.2, 0.25) is 0 Å². The number of Topliss-reactive ketones (excluding diaryl/α,β-unsaturated/α-hetero) is 1. The Morgan fingerprint density at radius 1 is 0.912 bits per heavy atom. The first-order valence-electron chi connectivity index (χ1n) is 12.5. The Morgan fingerprint density at radius 3 is 1.76 bits per heavy atom. The van der Waals surface area contributed by atoms with Gasteiger partial charge in [0, 0.05) is 11.3 Å². The average molecular weight is 472 g/mol. The van der Waals surface area contributed by atoms with Crippen LogP contribution >= 0.6 is 0 Å². The van der Waals surface area contributed by atoms with E-state index in [-0.39, 0.29) is 5.78 Å². The van der Waals surface area contributed by atoms with Gasteiger partial charge in [-0.25, -0.2) is 0 Å². The maximum Gasteiger partial charge on any atom is 0.159 e. The lowest BCUT2D eigenvalue weighted by molar-refractivity contribution is 0.101. The van der Waals surface area contributed by atoms with E-state index in [1.54, 1.807) is 13.2 Å². The third kappa shape index (κ3) is 23.8. The smallest absolute Gasteiger partial charge is 0.159 e. The summed E-state index contributed by atoms with van der Waals surface area (Å²) in [5.74, 6) is 1.06. The number of carbonyl (C=O) groups excluding carboxylic acids is 1. The quantitative estimate of drug-likeness (QED) is 0.336. The summed E-state index contributed by atoms with van der Waals surface area (Å²) in [5.41, 5.74) is 5.35. The Bertz CT molecular complexity index is 764. The van der Waals surface area contributed by atoms with Crippen LogP contribution in [0, 0.1) is 0 Å². The SMILES string of the molecule is C/C=C(\CC)c1cccc(C(C)=O)c1.C=C(C)C.C=C(C)NCc1ccco1.CC.CC.CC. The van der Waals surface area contributed by atoms with E-state index in [2.05, 4.69) is 31.5 Å². The highest BCUT2D eigenvalue weighted by molar-refractivity contribution is 5.94. The number of furan rings is 1. The molecule has 0 aliphatic rings. The van der Waals surface area contributed by atoms with Crippen molar-refractivity contribution in [1.82, 2.24) is 5.32 Å². The summed E-state index contributed by atoms with van der Waals surface area (Å²) in [7, 11) is 0. The molecule has 0 saturated heterocycles. The van der Waals surface area contributed by atoms with E-state index in [4.69, 9.17) is 4.42 Å². The molecule has 0 spiro atoms. The van der Waals surface area contributed by atoms with Crippen molar-refractivity contribution in [2.24, 2.45) is 0 Å². The van der Waals surface area contributed by atoms with Crippen LogP contribution in [0.4, 0.5) is 0 Å². The van der Waals surface area contributed by atoms with Gasteiger partial charge in [0.25, 0.3) is 0 Å². The third-order valence-electron chi connectivity index (χ3n) is 3.51. The zero-order valence-corrected chi connectivity index (χ0v) is 24.3. The second-order valence-electron chi connectivity index (χ2n) is 6.72. The minimum atomic E-state index is 0.124. The maximum absolute atomic E-state index is 11.2. The van der Waals surface area contributed by atoms with Crippen LogP contribution in [0.2, 0.25) is 0 Å². The van der Waals surface area contributed by atoms with Crippen molar-refractivity contribution in [1.29, 1.82) is 0 Å². The lowest BCUT2D eigenvalue weighted by atomic mass is 10.00. The number of hydrogen-bond acceptors (Lipinski definition) is 3. The molecule has 194 valence electrons. The van der Waals surface area contributed by atoms with Crippen molar-refractivity contribution < 1.29 is 9.21 Å². The summed E-state index contributed by atoms with van der Waals surface area (Å²) in [6, 6.07) is 11.6. The van der Waals surface area contributed by atoms with Crippen molar-refractivity contribution in [3.05, 3.63) is 90.1 Å². The molecule has 0 bridgehead atoms. The van der Waals surface area contributed by atoms with Gasteiger partial charge in [0.1, 0.15) is 5.76 Å². The van der Waals surface area contributed by atoms with Gasteiger partial charge in [-0.05, 0) is 70.4 Å². The molecule has 0 atom stereocenters. The first kappa shape index (κ1) is 38.5. The van der Waals surface area contributed by atoms with Crippen LogP contribution in [-0.2, 0) is 6.54 Å². The summed E-state index contributed by atoms with van der Waals surface area (Å²) >= 11 is 0. The minimum Gasteiger partial charge on any atom is -0.467 e. The fourth-order valence-electron chi connectivity index (χ4n) is 2.16. The molecule has 0 radical (unpaired) electrons. The van der Waals surface area contributed by atoms with Gasteiger partial charge in [-0.2, -0.15) is 0 Å². The molecule has 1 aromatic carbocycles. The maximum atomic E-state index is 11.2. The second-order valence-corrected chi connectivity index (χ2v) is 6.72. The Labute approximate surface area is 212 Å². The van der Waals surface area contributed by atoms with Gasteiger partial charge in [-0.3, -0.25) is 4.79 Å². The minimum absolute atomic E-state index is 0.124. The molecule has 1 N–H and O–H groups in total. The van der Waals surface area contributed by atoms with Crippen LogP contribution in [0.25, 0.3) is 5.57 Å². The fraction of sp³-hybridized carbons (Fsp3) is 0.452. The number of allylic oxidation sites excluding steroid dienone is 4. The largest absolute Gasteiger partial charge is 0.467 e. The van der Waals surface area contributed by atoms with Crippen molar-refractivity contribution in [2.45, 2.75) is 96.1 Å². The van der Waals surface area contributed by atoms with Crippen LogP contribution in [-0.4, -0.2) is 5.78 Å². The molecule has 0 aliphatic heterocycles. The number of rotatable bonds is 6. The van der Waals surface area contributed by atoms with Crippen LogP contribution in [0.5, 0.6) is 0 Å². The van der Waals surface area contributed by atoms with Gasteiger partial charge in [0.15, 0.2) is 5.78 Å². The molecule has 1 heterocycles. The van der Waals surface area contributed by atoms with Gasteiger partial charge in [-0.15, -0.1) is 6.58 Å². The number of nitrogens with one attached hydrogen (secondary N) is 1. The van der Waals surface area contributed by atoms with Crippen molar-refractivity contribution in [2.75, 3.05) is 0 Å². The second kappa shape index (κ2) is 28.2. The lowest BCUT2D eigenvalue weighted by Crippen LogP contribution is -2.08. The number of hydrogen-bond donors (Lipinski definition) is 1. The van der Waals surface area contributed by atoms with Gasteiger partial charge >= 0.3 is 0 Å². The van der Waals surface area contributed by atoms with E-state index in [0.717, 1.165) is 35.5 Å². The normalized spacial score (nSPS) is 8.76. The lowest BCUT2D eigenvalue weighted by Gasteiger charge is -2.05. The molecular weight excluding hydrogens is 418 g/mol. The highest BCUT2D eigenvalue weighted by Gasteiger charge is 2.02. The van der Waals surface area contributed by atoms with Crippen LogP contribution < -0.4 is 5.32 Å². The monoisotopic (exact) mass is 471 g/mol. The predicted molar refractivity (Wildman–Crippen MR) is 155 cm³/mol. The number of carbonyl (C=O) groups is 1. The summed E-state index contributed by atoms with van der Waals surface area (Å²) < 4.78 is 5.08. The summed E-state index contributed by atoms with van der Waals surface area (Å²) in [6.07, 6.45) is 4.76. The standard InChI is InChI=1S/C13H16O.C8H11NO.C4H8.3C2H6/c1-4-11(5-2)13-8-6-7-12(9-13)10(3)14;1-7(2)9-6-8-4-3-5-10-8;1-4(2)3;3*1-2/h4,6-9H,5H2,1-3H3;3-5,9H,1,6H2,2H3;1H2,2-3H3;3*1-2H3/b11-4+;;;;;. The molecule has 2 rings (SSSR count). The molecule has 3 heteroatoms. The van der Waals surface area contributed by atoms with E-state index in [9.17, 15) is 4.79 Å². The van der Waals surface area contributed by atoms with E-state index >= 15 is 0 Å². The van der Waals surface area contributed by atoms with Gasteiger partial charge in [0.05, 0.1) is 12.8 Å². The molecule has 0 fully saturated rings. The Morgan fingerprint density at radius 2 is 1.41 bits per heavy atom. The zero-order chi connectivity index (χ0) is 27.5. The van der Waals surface area contributed by atoms with Crippen LogP contribution in [0.15, 0.2) is 77.6 Å². The summed E-state index contributed by atoms with van der Waals surface area (Å²) in [5, 5.41) is 3.06. The molecule has 1 aromatic heterocycles. The molecule has 0 aliphatic carbocycles. The Hall–Kier alpha value is -2.81. The van der Waals surface area contributed by atoms with E-state index in [1.807, 2.05) is 106 Å². The Kier molecular flexibility index (Phi) is 31.9. The van der Waals surface area contributed by atoms with Gasteiger partial charge < -0.3 is 9.73 Å². The summed E-state index contributed by atoms with van der Waals surface area (Å²) in [4.78, 5) is 11.2. The molecule has 3 nitrogen and oxygen atoms in total. The average Bonchev–Trinajstić information content (AvgIpc) is 3.37. The molecule has 0 saturated carbocycles. The van der Waals surface area contributed by atoms with Crippen molar-refractivity contribution in [3.8, 4) is 0 Å². The molecular formula is C31H53NO2. The molecule has 0 unspecified atom stereocenters. The molecule has 2 aromatic rings. The van der Waals surface area contributed by atoms with E-state index in [0.29, 0.717) is 0 Å². The van der Waals surface area contributed by atoms with E-state index < -0.39 is 0 Å². The third-order valence-corrected chi connectivity index (χ3v) is 3.51. The number of ketones is 1. The first-order valence-corrected chi connectivity index (χ1v) is 12.5. The van der Waals surface area contributed by atoms with Crippen LogP contribution in [0.3, 0.4) is 0 Å². The predicted octanol–water partition coefficient (Wildman–Crippen LogP) is 10.3. The highest BCUT2D eigenvalue weighted by atomic mass is 16.3. The number of benzene rings is 1. The zero-order valence-electron chi connectivity index (χ0n) is 24.3.